The van der Waals surface area contributed by atoms with Crippen LogP contribution in [0.5, 0.6) is 0 Å². The molecule has 7 nitrogen and oxygen atoms in total. The van der Waals surface area contributed by atoms with E-state index in [4.69, 9.17) is 0 Å². The van der Waals surface area contributed by atoms with E-state index >= 15 is 0 Å². The Morgan fingerprint density at radius 2 is 1.82 bits per heavy atom. The lowest BCUT2D eigenvalue weighted by Gasteiger charge is -2.53. The fourth-order valence-electron chi connectivity index (χ4n) is 5.71. The van der Waals surface area contributed by atoms with Gasteiger partial charge in [-0.05, 0) is 95.3 Å². The number of aryl methyl sites for hydroxylation is 1. The van der Waals surface area contributed by atoms with Gasteiger partial charge in [0.25, 0.3) is 0 Å². The van der Waals surface area contributed by atoms with Crippen molar-refractivity contribution in [3.63, 3.8) is 0 Å². The number of halogens is 1. The third kappa shape index (κ3) is 6.09. The number of aromatic nitrogens is 1. The molecule has 1 spiro atoms. The molecule has 3 aromatic rings. The van der Waals surface area contributed by atoms with E-state index in [1.54, 1.807) is 15.6 Å². The Hall–Kier alpha value is -2.66. The Kier molecular flexibility index (Phi) is 7.67. The van der Waals surface area contributed by atoms with E-state index in [1.165, 1.54) is 18.2 Å². The van der Waals surface area contributed by atoms with Crippen LogP contribution >= 0.6 is 11.3 Å². The number of sulfonamides is 1. The van der Waals surface area contributed by atoms with Gasteiger partial charge >= 0.3 is 0 Å². The van der Waals surface area contributed by atoms with Crippen molar-refractivity contribution in [1.82, 2.24) is 14.2 Å². The Labute approximate surface area is 234 Å². The van der Waals surface area contributed by atoms with Crippen LogP contribution in [0.25, 0.3) is 11.3 Å². The van der Waals surface area contributed by atoms with Crippen LogP contribution in [0.15, 0.2) is 58.8 Å². The molecule has 0 radical (unpaired) electrons. The van der Waals surface area contributed by atoms with Crippen LogP contribution in [-0.2, 0) is 14.8 Å². The molecule has 0 aliphatic carbocycles. The minimum Gasteiger partial charge on any atom is -0.325 e. The molecule has 0 saturated carbocycles. The van der Waals surface area contributed by atoms with Crippen molar-refractivity contribution in [3.8, 4) is 11.3 Å². The van der Waals surface area contributed by atoms with Gasteiger partial charge < -0.3 is 5.32 Å². The normalized spacial score (nSPS) is 19.7. The molecule has 208 valence electrons. The predicted octanol–water partition coefficient (Wildman–Crippen LogP) is 5.54. The van der Waals surface area contributed by atoms with Crippen molar-refractivity contribution in [1.29, 1.82) is 0 Å². The molecule has 2 aromatic carbocycles. The summed E-state index contributed by atoms with van der Waals surface area (Å²) in [5.41, 5.74) is 1.90. The topological polar surface area (TPSA) is 82.6 Å². The summed E-state index contributed by atoms with van der Waals surface area (Å²) < 4.78 is 42.6. The summed E-state index contributed by atoms with van der Waals surface area (Å²) in [6.07, 6.45) is 3.28. The number of benzene rings is 2. The van der Waals surface area contributed by atoms with E-state index < -0.39 is 21.4 Å². The second kappa shape index (κ2) is 10.7. The van der Waals surface area contributed by atoms with Crippen molar-refractivity contribution in [2.24, 2.45) is 5.41 Å². The number of hydrogen-bond donors (Lipinski definition) is 1. The average molecular weight is 571 g/mol. The van der Waals surface area contributed by atoms with Crippen LogP contribution in [-0.4, -0.2) is 60.2 Å². The minimum atomic E-state index is -3.85. The van der Waals surface area contributed by atoms with Crippen LogP contribution in [0.2, 0.25) is 0 Å². The number of likely N-dealkylation sites (tertiary alicyclic amines) is 1. The molecule has 5 rings (SSSR count). The monoisotopic (exact) mass is 570 g/mol. The Morgan fingerprint density at radius 3 is 2.51 bits per heavy atom. The van der Waals surface area contributed by atoms with Crippen LogP contribution in [0, 0.1) is 18.2 Å². The van der Waals surface area contributed by atoms with Crippen molar-refractivity contribution in [2.45, 2.75) is 56.9 Å². The molecular weight excluding hydrogens is 535 g/mol. The van der Waals surface area contributed by atoms with Gasteiger partial charge in [-0.1, -0.05) is 18.2 Å². The number of anilines is 1. The number of piperidine rings is 2. The van der Waals surface area contributed by atoms with E-state index in [0.29, 0.717) is 6.54 Å². The van der Waals surface area contributed by atoms with Gasteiger partial charge in [-0.15, -0.1) is 11.3 Å². The zero-order valence-electron chi connectivity index (χ0n) is 22.6. The fraction of sp³-hybridized carbons (Fsp3) is 0.448. The molecule has 2 aliphatic heterocycles. The van der Waals surface area contributed by atoms with Gasteiger partial charge in [-0.2, -0.15) is 4.31 Å². The van der Waals surface area contributed by atoms with Crippen LogP contribution in [0.4, 0.5) is 10.1 Å². The highest BCUT2D eigenvalue weighted by atomic mass is 32.2. The Morgan fingerprint density at radius 1 is 1.08 bits per heavy atom. The van der Waals surface area contributed by atoms with Crippen molar-refractivity contribution >= 4 is 33.0 Å². The molecule has 1 aromatic heterocycles. The molecule has 39 heavy (non-hydrogen) atoms. The van der Waals surface area contributed by atoms with Crippen LogP contribution < -0.4 is 5.32 Å². The lowest BCUT2D eigenvalue weighted by molar-refractivity contribution is -0.118. The molecule has 2 saturated heterocycles. The highest BCUT2D eigenvalue weighted by molar-refractivity contribution is 7.89. The number of nitrogens with one attached hydrogen (secondary N) is 1. The Bertz CT molecular complexity index is 1460. The largest absolute Gasteiger partial charge is 0.325 e. The number of nitrogens with zero attached hydrogens (tertiary/aromatic N) is 3. The minimum absolute atomic E-state index is 0.00397. The number of amides is 1. The molecule has 10 heteroatoms. The average Bonchev–Trinajstić information content (AvgIpc) is 3.33. The van der Waals surface area contributed by atoms with Gasteiger partial charge in [-0.25, -0.2) is 17.8 Å². The number of rotatable bonds is 6. The molecule has 0 unspecified atom stereocenters. The summed E-state index contributed by atoms with van der Waals surface area (Å²) in [6, 6.07) is 13.0. The molecule has 3 heterocycles. The standard InChI is InChI=1S/C29H35FN4O3S2/c1-21-31-26(19-38-21)22-6-4-8-24(16-22)32-27(35)18-33-14-12-29(13-15-33)11-10-28(2,3)34(20-29)39(36,37)25-9-5-7-23(30)17-25/h4-9,16-17,19H,10-15,18,20H2,1-3H3,(H,32,35). The maximum atomic E-state index is 13.9. The summed E-state index contributed by atoms with van der Waals surface area (Å²) in [7, 11) is -3.85. The lowest BCUT2D eigenvalue weighted by Crippen LogP contribution is -2.59. The second-order valence-corrected chi connectivity index (χ2v) is 14.4. The zero-order chi connectivity index (χ0) is 27.8. The quantitative estimate of drug-likeness (QED) is 0.421. The van der Waals surface area contributed by atoms with Gasteiger partial charge in [0.1, 0.15) is 5.82 Å². The van der Waals surface area contributed by atoms with Crippen LogP contribution in [0.1, 0.15) is 44.5 Å². The second-order valence-electron chi connectivity index (χ2n) is 11.4. The smallest absolute Gasteiger partial charge is 0.243 e. The maximum absolute atomic E-state index is 13.9. The Balaban J connectivity index is 1.21. The van der Waals surface area contributed by atoms with Crippen molar-refractivity contribution in [3.05, 3.63) is 64.7 Å². The summed E-state index contributed by atoms with van der Waals surface area (Å²) >= 11 is 1.60. The van der Waals surface area contributed by atoms with Crippen molar-refractivity contribution < 1.29 is 17.6 Å². The summed E-state index contributed by atoms with van der Waals surface area (Å²) in [6.45, 7) is 7.99. The molecular formula is C29H35FN4O3S2. The number of thiazole rings is 1. The van der Waals surface area contributed by atoms with E-state index in [1.807, 2.05) is 50.4 Å². The molecule has 1 N–H and O–H groups in total. The van der Waals surface area contributed by atoms with Crippen molar-refractivity contribution in [2.75, 3.05) is 31.5 Å². The first-order chi connectivity index (χ1) is 18.5. The van der Waals surface area contributed by atoms with E-state index in [-0.39, 0.29) is 22.8 Å². The number of carbonyl (C=O) groups is 1. The number of hydrogen-bond acceptors (Lipinski definition) is 6. The summed E-state index contributed by atoms with van der Waals surface area (Å²) in [5.74, 6) is -0.630. The lowest BCUT2D eigenvalue weighted by atomic mass is 9.69. The van der Waals surface area contributed by atoms with E-state index in [0.717, 1.165) is 66.8 Å². The molecule has 2 fully saturated rings. The molecule has 2 aliphatic rings. The first kappa shape index (κ1) is 27.9. The van der Waals surface area contributed by atoms with Gasteiger partial charge in [0.2, 0.25) is 15.9 Å². The highest BCUT2D eigenvalue weighted by Gasteiger charge is 2.49. The van der Waals surface area contributed by atoms with Gasteiger partial charge in [0, 0.05) is 28.7 Å². The SMILES string of the molecule is Cc1nc(-c2cccc(NC(=O)CN3CCC4(CC3)CCC(C)(C)N(S(=O)(=O)c3cccc(F)c3)C4)c2)cs1. The fourth-order valence-corrected chi connectivity index (χ4v) is 8.28. The van der Waals surface area contributed by atoms with Gasteiger partial charge in [0.15, 0.2) is 0 Å². The van der Waals surface area contributed by atoms with Crippen LogP contribution in [0.3, 0.4) is 0 Å². The maximum Gasteiger partial charge on any atom is 0.243 e. The molecule has 0 bridgehead atoms. The number of carbonyl (C=O) groups excluding carboxylic acids is 1. The zero-order valence-corrected chi connectivity index (χ0v) is 24.2. The predicted molar refractivity (Wildman–Crippen MR) is 153 cm³/mol. The highest BCUT2D eigenvalue weighted by Crippen LogP contribution is 2.46. The first-order valence-electron chi connectivity index (χ1n) is 13.3. The third-order valence-corrected chi connectivity index (χ3v) is 11.0. The van der Waals surface area contributed by atoms with E-state index in [9.17, 15) is 17.6 Å². The third-order valence-electron chi connectivity index (χ3n) is 8.15. The first-order valence-corrected chi connectivity index (χ1v) is 15.6. The molecule has 1 amide bonds. The van der Waals surface area contributed by atoms with E-state index in [2.05, 4.69) is 15.2 Å². The summed E-state index contributed by atoms with van der Waals surface area (Å²) in [4.78, 5) is 19.5. The van der Waals surface area contributed by atoms with Gasteiger partial charge in [0.05, 0.1) is 22.1 Å². The summed E-state index contributed by atoms with van der Waals surface area (Å²) in [5, 5.41) is 6.02. The van der Waals surface area contributed by atoms with Gasteiger partial charge in [-0.3, -0.25) is 9.69 Å². The molecule has 0 atom stereocenters.